The first-order chi connectivity index (χ1) is 13.4. The van der Waals surface area contributed by atoms with E-state index in [0.717, 1.165) is 10.6 Å². The molecule has 7 heteroatoms. The number of carbonyl (C=O) groups excluding carboxylic acids is 1. The van der Waals surface area contributed by atoms with Crippen LogP contribution in [0.5, 0.6) is 0 Å². The van der Waals surface area contributed by atoms with Crippen LogP contribution >= 0.6 is 23.5 Å². The Kier molecular flexibility index (Phi) is 6.36. The van der Waals surface area contributed by atoms with Gasteiger partial charge in [-0.2, -0.15) is 0 Å². The first-order valence-corrected chi connectivity index (χ1v) is 10.8. The van der Waals surface area contributed by atoms with Gasteiger partial charge in [-0.25, -0.2) is 9.37 Å². The molecule has 4 nitrogen and oxygen atoms in total. The third-order valence-corrected chi connectivity index (χ3v) is 6.11. The van der Waals surface area contributed by atoms with E-state index in [-0.39, 0.29) is 17.2 Å². The number of ketones is 1. The topological polar surface area (TPSA) is 52.0 Å². The van der Waals surface area contributed by atoms with Crippen LogP contribution in [0.4, 0.5) is 4.39 Å². The van der Waals surface area contributed by atoms with E-state index in [1.54, 1.807) is 42.4 Å². The normalized spacial score (nSPS) is 10.9. The highest BCUT2D eigenvalue weighted by Gasteiger charge is 2.12. The average Bonchev–Trinajstić information content (AvgIpc) is 2.72. The molecule has 2 aromatic carbocycles. The van der Waals surface area contributed by atoms with Gasteiger partial charge in [0, 0.05) is 34.4 Å². The minimum absolute atomic E-state index is 0.0322. The van der Waals surface area contributed by atoms with Crippen LogP contribution in [-0.4, -0.2) is 21.6 Å². The van der Waals surface area contributed by atoms with Crippen LogP contribution in [0.15, 0.2) is 63.4 Å². The lowest BCUT2D eigenvalue weighted by molar-refractivity contribution is 0.103. The van der Waals surface area contributed by atoms with E-state index in [9.17, 15) is 14.0 Å². The van der Waals surface area contributed by atoms with Gasteiger partial charge in [0.25, 0.3) is 5.56 Å². The molecule has 0 spiro atoms. The second-order valence-electron chi connectivity index (χ2n) is 6.18. The standard InChI is InChI=1S/C21H19FN2O2S2/c1-13-18(23-21(27-3)24(2)20(13)26)12-28-17-10-6-15(7-11-17)19(25)14-4-8-16(22)9-5-14/h4-11H,12H2,1-3H3. The SMILES string of the molecule is CSc1nc(CSc2ccc(C(=O)c3ccc(F)cc3)cc2)c(C)c(=O)n1C. The molecule has 0 atom stereocenters. The number of benzene rings is 2. The van der Waals surface area contributed by atoms with E-state index < -0.39 is 0 Å². The van der Waals surface area contributed by atoms with Gasteiger partial charge < -0.3 is 0 Å². The van der Waals surface area contributed by atoms with E-state index in [1.165, 1.54) is 36.0 Å². The predicted octanol–water partition coefficient (Wildman–Crippen LogP) is 4.47. The number of aromatic nitrogens is 2. The molecule has 0 aliphatic heterocycles. The van der Waals surface area contributed by atoms with Gasteiger partial charge in [0.15, 0.2) is 10.9 Å². The Hall–Kier alpha value is -2.38. The Balaban J connectivity index is 1.73. The molecule has 1 aromatic heterocycles. The smallest absolute Gasteiger partial charge is 0.257 e. The fourth-order valence-corrected chi connectivity index (χ4v) is 4.15. The fraction of sp³-hybridized carbons (Fsp3) is 0.190. The van der Waals surface area contributed by atoms with Crippen molar-refractivity contribution in [3.63, 3.8) is 0 Å². The van der Waals surface area contributed by atoms with Crippen molar-refractivity contribution in [2.24, 2.45) is 7.05 Å². The van der Waals surface area contributed by atoms with E-state index in [4.69, 9.17) is 0 Å². The van der Waals surface area contributed by atoms with Gasteiger partial charge in [0.2, 0.25) is 0 Å². The van der Waals surface area contributed by atoms with Crippen molar-refractivity contribution in [2.75, 3.05) is 6.26 Å². The van der Waals surface area contributed by atoms with Gasteiger partial charge in [0.05, 0.1) is 5.69 Å². The van der Waals surface area contributed by atoms with E-state index in [2.05, 4.69) is 4.98 Å². The summed E-state index contributed by atoms with van der Waals surface area (Å²) in [5.41, 5.74) is 2.38. The average molecular weight is 415 g/mol. The third-order valence-electron chi connectivity index (χ3n) is 4.36. The minimum atomic E-state index is -0.368. The molecule has 0 fully saturated rings. The van der Waals surface area contributed by atoms with Gasteiger partial charge in [-0.1, -0.05) is 11.8 Å². The minimum Gasteiger partial charge on any atom is -0.291 e. The number of hydrogen-bond acceptors (Lipinski definition) is 5. The number of rotatable bonds is 6. The summed E-state index contributed by atoms with van der Waals surface area (Å²) in [5, 5.41) is 0.687. The van der Waals surface area contributed by atoms with Crippen LogP contribution in [0.1, 0.15) is 27.2 Å². The van der Waals surface area contributed by atoms with Gasteiger partial charge >= 0.3 is 0 Å². The van der Waals surface area contributed by atoms with Gasteiger partial charge in [-0.3, -0.25) is 14.2 Å². The zero-order chi connectivity index (χ0) is 20.3. The molecule has 28 heavy (non-hydrogen) atoms. The van der Waals surface area contributed by atoms with Crippen molar-refractivity contribution in [3.8, 4) is 0 Å². The maximum Gasteiger partial charge on any atom is 0.257 e. The number of halogens is 1. The molecule has 0 bridgehead atoms. The molecule has 0 aliphatic rings. The number of hydrogen-bond donors (Lipinski definition) is 0. The molecule has 0 radical (unpaired) electrons. The number of thioether (sulfide) groups is 2. The van der Waals surface area contributed by atoms with Crippen LogP contribution in [-0.2, 0) is 12.8 Å². The molecule has 0 aliphatic carbocycles. The molecule has 3 rings (SSSR count). The molecule has 1 heterocycles. The summed E-state index contributed by atoms with van der Waals surface area (Å²) in [5.74, 6) is 0.0542. The van der Waals surface area contributed by atoms with Crippen LogP contribution in [0.25, 0.3) is 0 Å². The highest BCUT2D eigenvalue weighted by Crippen LogP contribution is 2.24. The summed E-state index contributed by atoms with van der Waals surface area (Å²) in [6, 6.07) is 12.8. The third kappa shape index (κ3) is 4.36. The van der Waals surface area contributed by atoms with Crippen LogP contribution in [0.2, 0.25) is 0 Å². The largest absolute Gasteiger partial charge is 0.291 e. The number of nitrogens with zero attached hydrogens (tertiary/aromatic N) is 2. The highest BCUT2D eigenvalue weighted by atomic mass is 32.2. The summed E-state index contributed by atoms with van der Waals surface area (Å²) >= 11 is 3.00. The zero-order valence-corrected chi connectivity index (χ0v) is 17.4. The van der Waals surface area contributed by atoms with Crippen molar-refractivity contribution >= 4 is 29.3 Å². The molecule has 0 N–H and O–H groups in total. The molecular weight excluding hydrogens is 395 g/mol. The molecule has 0 saturated carbocycles. The predicted molar refractivity (Wildman–Crippen MR) is 112 cm³/mol. The number of carbonyl (C=O) groups is 1. The van der Waals surface area contributed by atoms with E-state index in [0.29, 0.717) is 27.6 Å². The zero-order valence-electron chi connectivity index (χ0n) is 15.7. The second kappa shape index (κ2) is 8.75. The van der Waals surface area contributed by atoms with Crippen LogP contribution < -0.4 is 5.56 Å². The van der Waals surface area contributed by atoms with Crippen molar-refractivity contribution < 1.29 is 9.18 Å². The lowest BCUT2D eigenvalue weighted by Crippen LogP contribution is -2.24. The lowest BCUT2D eigenvalue weighted by atomic mass is 10.0. The Morgan fingerprint density at radius 3 is 2.21 bits per heavy atom. The maximum absolute atomic E-state index is 13.0. The highest BCUT2D eigenvalue weighted by molar-refractivity contribution is 7.98. The summed E-state index contributed by atoms with van der Waals surface area (Å²) in [4.78, 5) is 30.3. The van der Waals surface area contributed by atoms with Crippen molar-refractivity contribution in [1.29, 1.82) is 0 Å². The first-order valence-electron chi connectivity index (χ1n) is 8.54. The van der Waals surface area contributed by atoms with E-state index >= 15 is 0 Å². The van der Waals surface area contributed by atoms with Gasteiger partial charge in [-0.15, -0.1) is 11.8 Å². The first kappa shape index (κ1) is 20.4. The second-order valence-corrected chi connectivity index (χ2v) is 8.01. The molecule has 0 unspecified atom stereocenters. The van der Waals surface area contributed by atoms with E-state index in [1.807, 2.05) is 18.4 Å². The summed E-state index contributed by atoms with van der Waals surface area (Å²) in [6.45, 7) is 1.79. The Labute approximate surface area is 171 Å². The maximum atomic E-state index is 13.0. The van der Waals surface area contributed by atoms with Crippen molar-refractivity contribution in [3.05, 3.63) is 87.1 Å². The van der Waals surface area contributed by atoms with Gasteiger partial charge in [-0.05, 0) is 61.7 Å². The Morgan fingerprint density at radius 1 is 1.07 bits per heavy atom. The van der Waals surface area contributed by atoms with Crippen molar-refractivity contribution in [2.45, 2.75) is 22.7 Å². The lowest BCUT2D eigenvalue weighted by Gasteiger charge is -2.10. The molecule has 0 saturated heterocycles. The molecule has 3 aromatic rings. The summed E-state index contributed by atoms with van der Waals surface area (Å²) in [6.07, 6.45) is 1.89. The summed E-state index contributed by atoms with van der Waals surface area (Å²) in [7, 11) is 1.72. The van der Waals surface area contributed by atoms with Crippen LogP contribution in [0.3, 0.4) is 0 Å². The Bertz CT molecular complexity index is 1060. The van der Waals surface area contributed by atoms with Crippen LogP contribution in [0, 0.1) is 12.7 Å². The van der Waals surface area contributed by atoms with Crippen molar-refractivity contribution in [1.82, 2.24) is 9.55 Å². The quantitative estimate of drug-likeness (QED) is 0.338. The fourth-order valence-electron chi connectivity index (χ4n) is 2.68. The molecule has 0 amide bonds. The monoisotopic (exact) mass is 414 g/mol. The van der Waals surface area contributed by atoms with Gasteiger partial charge in [0.1, 0.15) is 5.82 Å². The Morgan fingerprint density at radius 2 is 1.64 bits per heavy atom. The molecule has 144 valence electrons. The summed E-state index contributed by atoms with van der Waals surface area (Å²) < 4.78 is 14.6. The molecular formula is C21H19FN2O2S2.